The van der Waals surface area contributed by atoms with Gasteiger partial charge in [0.2, 0.25) is 12.6 Å². The van der Waals surface area contributed by atoms with Crippen molar-refractivity contribution < 1.29 is 23.3 Å². The molecule has 0 aliphatic heterocycles. The Balaban J connectivity index is 4.02. The van der Waals surface area contributed by atoms with E-state index in [-0.39, 0.29) is 0 Å². The highest BCUT2D eigenvalue weighted by Crippen LogP contribution is 2.29. The fraction of sp³-hybridized carbons (Fsp3) is 1.00. The highest BCUT2D eigenvalue weighted by Gasteiger charge is 2.30. The number of hydrogen-bond acceptors (Lipinski definition) is 7. The molecule has 8 heteroatoms. The molecule has 2 atom stereocenters. The topological polar surface area (TPSA) is 60.5 Å². The van der Waals surface area contributed by atoms with Crippen molar-refractivity contribution in [2.45, 2.75) is 54.1 Å². The molecule has 120 valence electrons. The Bertz CT molecular complexity index is 238. The van der Waals surface area contributed by atoms with E-state index in [1.807, 2.05) is 27.7 Å². The van der Waals surface area contributed by atoms with Crippen LogP contribution >= 0.6 is 8.25 Å². The van der Waals surface area contributed by atoms with E-state index in [0.29, 0.717) is 0 Å². The first kappa shape index (κ1) is 19.9. The molecule has 0 saturated heterocycles. The standard InChI is InChI=1S/C12H28N2O5P/c1-7-13(8-2)16-11(5)18-20(15)19-12(6)17-14(9-3)10-4/h11-12H,7-10H2,1-6H3/q+1. The Morgan fingerprint density at radius 1 is 0.800 bits per heavy atom. The van der Waals surface area contributed by atoms with Crippen LogP contribution in [0.15, 0.2) is 0 Å². The zero-order chi connectivity index (χ0) is 15.5. The summed E-state index contributed by atoms with van der Waals surface area (Å²) in [4.78, 5) is 10.8. The van der Waals surface area contributed by atoms with E-state index >= 15 is 0 Å². The molecule has 20 heavy (non-hydrogen) atoms. The summed E-state index contributed by atoms with van der Waals surface area (Å²) in [6, 6.07) is 0. The van der Waals surface area contributed by atoms with Gasteiger partial charge in [-0.15, -0.1) is 0 Å². The van der Waals surface area contributed by atoms with Gasteiger partial charge in [0, 0.05) is 30.7 Å². The Labute approximate surface area is 123 Å². The molecule has 0 amide bonds. The molecule has 0 aromatic rings. The third kappa shape index (κ3) is 8.92. The summed E-state index contributed by atoms with van der Waals surface area (Å²) in [7, 11) is -2.29. The Kier molecular flexibility index (Phi) is 11.4. The molecule has 0 aromatic heterocycles. The number of hydrogen-bond donors (Lipinski definition) is 0. The molecule has 0 rings (SSSR count). The van der Waals surface area contributed by atoms with E-state index < -0.39 is 20.8 Å². The van der Waals surface area contributed by atoms with Gasteiger partial charge >= 0.3 is 8.25 Å². The molecule has 0 radical (unpaired) electrons. The van der Waals surface area contributed by atoms with Crippen LogP contribution in [0, 0.1) is 0 Å². The normalized spacial score (nSPS) is 15.7. The molecule has 0 aliphatic carbocycles. The van der Waals surface area contributed by atoms with Crippen LogP contribution in [0.3, 0.4) is 0 Å². The third-order valence-electron chi connectivity index (χ3n) is 2.47. The van der Waals surface area contributed by atoms with E-state index in [1.165, 1.54) is 0 Å². The predicted molar refractivity (Wildman–Crippen MR) is 76.7 cm³/mol. The third-order valence-corrected chi connectivity index (χ3v) is 3.41. The molecule has 0 spiro atoms. The van der Waals surface area contributed by atoms with Crippen LogP contribution < -0.4 is 0 Å². The summed E-state index contributed by atoms with van der Waals surface area (Å²) in [6.07, 6.45) is -1.28. The van der Waals surface area contributed by atoms with E-state index in [2.05, 4.69) is 0 Å². The van der Waals surface area contributed by atoms with Gasteiger partial charge in [-0.2, -0.15) is 10.1 Å². The quantitative estimate of drug-likeness (QED) is 0.312. The van der Waals surface area contributed by atoms with Gasteiger partial charge in [0.25, 0.3) is 0 Å². The van der Waals surface area contributed by atoms with Crippen LogP contribution in [0.4, 0.5) is 0 Å². The average molecular weight is 311 g/mol. The maximum absolute atomic E-state index is 11.7. The van der Waals surface area contributed by atoms with Crippen molar-refractivity contribution >= 4 is 8.25 Å². The molecule has 0 N–H and O–H groups in total. The number of rotatable bonds is 12. The lowest BCUT2D eigenvalue weighted by molar-refractivity contribution is -0.257. The maximum Gasteiger partial charge on any atom is 0.702 e. The lowest BCUT2D eigenvalue weighted by Gasteiger charge is -2.20. The lowest BCUT2D eigenvalue weighted by Crippen LogP contribution is -2.30. The van der Waals surface area contributed by atoms with Crippen molar-refractivity contribution in [3.8, 4) is 0 Å². The van der Waals surface area contributed by atoms with Crippen LogP contribution in [0.2, 0.25) is 0 Å². The van der Waals surface area contributed by atoms with Gasteiger partial charge in [-0.25, -0.2) is 0 Å². The molecule has 2 unspecified atom stereocenters. The molecule has 0 bridgehead atoms. The van der Waals surface area contributed by atoms with E-state index in [0.717, 1.165) is 26.2 Å². The second-order valence-corrected chi connectivity index (χ2v) is 4.88. The summed E-state index contributed by atoms with van der Waals surface area (Å²) in [5.74, 6) is 0. The molecule has 7 nitrogen and oxygen atoms in total. The molecular formula is C12H28N2O5P+. The Hall–Kier alpha value is -0.140. The van der Waals surface area contributed by atoms with Gasteiger partial charge < -0.3 is 0 Å². The summed E-state index contributed by atoms with van der Waals surface area (Å²) < 4.78 is 21.9. The first-order valence-corrected chi connectivity index (χ1v) is 8.20. The molecule has 0 fully saturated rings. The minimum Gasteiger partial charge on any atom is -0.262 e. The molecule has 0 aliphatic rings. The first-order chi connectivity index (χ1) is 9.46. The second kappa shape index (κ2) is 11.5. The average Bonchev–Trinajstić information content (AvgIpc) is 2.41. The molecular weight excluding hydrogens is 283 g/mol. The zero-order valence-electron chi connectivity index (χ0n) is 13.4. The van der Waals surface area contributed by atoms with E-state index in [1.54, 1.807) is 24.0 Å². The first-order valence-electron chi connectivity index (χ1n) is 7.10. The Morgan fingerprint density at radius 2 is 1.10 bits per heavy atom. The smallest absolute Gasteiger partial charge is 0.262 e. The van der Waals surface area contributed by atoms with Crippen LogP contribution in [0.25, 0.3) is 0 Å². The van der Waals surface area contributed by atoms with Crippen LogP contribution in [-0.4, -0.2) is 48.9 Å². The van der Waals surface area contributed by atoms with Gasteiger partial charge in [0.15, 0.2) is 0 Å². The largest absolute Gasteiger partial charge is 0.702 e. The van der Waals surface area contributed by atoms with Gasteiger partial charge in [0.1, 0.15) is 0 Å². The van der Waals surface area contributed by atoms with E-state index in [4.69, 9.17) is 18.7 Å². The lowest BCUT2D eigenvalue weighted by atomic mass is 10.6. The van der Waals surface area contributed by atoms with Crippen molar-refractivity contribution in [3.63, 3.8) is 0 Å². The summed E-state index contributed by atoms with van der Waals surface area (Å²) in [5, 5.41) is 3.42. The van der Waals surface area contributed by atoms with Crippen molar-refractivity contribution in [3.05, 3.63) is 0 Å². The summed E-state index contributed by atoms with van der Waals surface area (Å²) >= 11 is 0. The minimum atomic E-state index is -2.29. The van der Waals surface area contributed by atoms with E-state index in [9.17, 15) is 4.57 Å². The molecule has 0 heterocycles. The number of nitrogens with zero attached hydrogens (tertiary/aromatic N) is 2. The number of hydroxylamine groups is 4. The van der Waals surface area contributed by atoms with Crippen LogP contribution in [-0.2, 0) is 23.3 Å². The Morgan fingerprint density at radius 3 is 1.35 bits per heavy atom. The van der Waals surface area contributed by atoms with Crippen LogP contribution in [0.5, 0.6) is 0 Å². The highest BCUT2D eigenvalue weighted by atomic mass is 31.1. The van der Waals surface area contributed by atoms with Crippen molar-refractivity contribution in [1.82, 2.24) is 10.1 Å². The van der Waals surface area contributed by atoms with Crippen molar-refractivity contribution in [2.75, 3.05) is 26.2 Å². The van der Waals surface area contributed by atoms with Gasteiger partial charge in [0.05, 0.1) is 0 Å². The van der Waals surface area contributed by atoms with Crippen LogP contribution in [0.1, 0.15) is 41.5 Å². The highest BCUT2D eigenvalue weighted by molar-refractivity contribution is 7.33. The monoisotopic (exact) mass is 311 g/mol. The van der Waals surface area contributed by atoms with Gasteiger partial charge in [-0.3, -0.25) is 9.68 Å². The zero-order valence-corrected chi connectivity index (χ0v) is 14.3. The summed E-state index contributed by atoms with van der Waals surface area (Å²) in [5.41, 5.74) is 0. The molecule has 0 aromatic carbocycles. The van der Waals surface area contributed by atoms with Crippen molar-refractivity contribution in [2.24, 2.45) is 0 Å². The van der Waals surface area contributed by atoms with Crippen molar-refractivity contribution in [1.29, 1.82) is 0 Å². The SMILES string of the molecule is CCN(CC)OC(C)O[P+](=O)OC(C)ON(CC)CC. The summed E-state index contributed by atoms with van der Waals surface area (Å²) in [6.45, 7) is 14.1. The fourth-order valence-electron chi connectivity index (χ4n) is 1.47. The second-order valence-electron chi connectivity index (χ2n) is 4.01. The van der Waals surface area contributed by atoms with Gasteiger partial charge in [-0.1, -0.05) is 36.7 Å². The van der Waals surface area contributed by atoms with Gasteiger partial charge in [-0.05, 0) is 13.8 Å². The maximum atomic E-state index is 11.7. The molecule has 0 saturated carbocycles. The minimum absolute atomic E-state index is 0.640. The predicted octanol–water partition coefficient (Wildman–Crippen LogP) is 2.92. The fourth-order valence-corrected chi connectivity index (χ4v) is 2.08.